The maximum Gasteiger partial charge on any atom is 0.325 e. The van der Waals surface area contributed by atoms with Crippen LogP contribution in [0.15, 0.2) is 23.7 Å². The first-order chi connectivity index (χ1) is 25.6. The lowest BCUT2D eigenvalue weighted by Gasteiger charge is -2.34. The van der Waals surface area contributed by atoms with Crippen molar-refractivity contribution in [1.29, 1.82) is 0 Å². The van der Waals surface area contributed by atoms with Crippen LogP contribution in [0.1, 0.15) is 63.4 Å². The summed E-state index contributed by atoms with van der Waals surface area (Å²) in [5, 5.41) is 7.81. The summed E-state index contributed by atoms with van der Waals surface area (Å²) in [5.41, 5.74) is 6.28. The van der Waals surface area contributed by atoms with Gasteiger partial charge in [-0.1, -0.05) is 32.4 Å². The van der Waals surface area contributed by atoms with Gasteiger partial charge in [-0.05, 0) is 50.3 Å². The van der Waals surface area contributed by atoms with Gasteiger partial charge in [0.25, 0.3) is 11.8 Å². The number of pyridine rings is 1. The second kappa shape index (κ2) is 13.6. The molecule has 0 radical (unpaired) electrons. The van der Waals surface area contributed by atoms with E-state index in [0.717, 1.165) is 42.6 Å². The Kier molecular flexibility index (Phi) is 9.43. The molecule has 8 rings (SSSR count). The number of amides is 2. The van der Waals surface area contributed by atoms with Gasteiger partial charge in [0, 0.05) is 60.5 Å². The van der Waals surface area contributed by atoms with Crippen molar-refractivity contribution in [3.63, 3.8) is 0 Å². The molecule has 2 aliphatic heterocycles. The number of carbonyl (C=O) groups excluding carboxylic acids is 3. The zero-order valence-electron chi connectivity index (χ0n) is 30.9. The van der Waals surface area contributed by atoms with Crippen LogP contribution in [0.4, 0.5) is 8.78 Å². The van der Waals surface area contributed by atoms with Crippen molar-refractivity contribution >= 4 is 62.3 Å². The molecule has 2 aliphatic carbocycles. The lowest BCUT2D eigenvalue weighted by atomic mass is 9.84. The Hall–Kier alpha value is -3.50. The maximum atomic E-state index is 15.2. The van der Waals surface area contributed by atoms with Crippen molar-refractivity contribution in [3.05, 3.63) is 45.0 Å². The SMILES string of the molecule is CCn1c(-c2cccnc2[C@H](C)OC)c2c3c(Cl)c(sc31)-c1csc(n1)C[C@H](NC(=O)[C@H]1C[C@@H]1C)C(=O)N1C[C@@H]3[C@H]([C@H](N1)C(=O)OCC(C)(C)C2)C3(F)F. The van der Waals surface area contributed by atoms with Gasteiger partial charge in [0.15, 0.2) is 0 Å². The number of halogens is 3. The third-order valence-electron chi connectivity index (χ3n) is 11.4. The molecule has 7 atom stereocenters. The zero-order valence-corrected chi connectivity index (χ0v) is 33.3. The molecule has 288 valence electrons. The first kappa shape index (κ1) is 37.4. The minimum absolute atomic E-state index is 0.0306. The van der Waals surface area contributed by atoms with E-state index in [4.69, 9.17) is 31.0 Å². The summed E-state index contributed by atoms with van der Waals surface area (Å²) in [7, 11) is 1.64. The summed E-state index contributed by atoms with van der Waals surface area (Å²) in [5.74, 6) is -7.47. The van der Waals surface area contributed by atoms with Crippen LogP contribution in [0.25, 0.3) is 32.0 Å². The zero-order chi connectivity index (χ0) is 38.4. The number of cyclic esters (lactones) is 1. The van der Waals surface area contributed by atoms with Crippen molar-refractivity contribution < 1.29 is 32.6 Å². The standard InChI is InChI=1S/C38H43ClF2N6O5S2/c1-7-46-31(19-9-8-10-42-29(19)18(3)51-6)21-13-37(4,5)16-52-36(50)30-27-22(38(27,40)41)14-47(45-30)34(49)23(44-33(48)20-11-17(20)2)12-25-43-24(15-53-25)32-28(39)26(21)35(46)54-32/h8-10,15,17-18,20,22-23,27,30,45H,7,11-14,16H2,1-6H3,(H,44,48)/t17-,18-,20-,22+,23-,27+,30-/m0/s1. The molecule has 0 spiro atoms. The molecule has 1 saturated heterocycles. The summed E-state index contributed by atoms with van der Waals surface area (Å²) >= 11 is 10.2. The molecular formula is C38H43ClF2N6O5S2. The van der Waals surface area contributed by atoms with Gasteiger partial charge in [-0.3, -0.25) is 24.4 Å². The number of rotatable bonds is 6. The fraction of sp³-hybridized carbons (Fsp3) is 0.553. The van der Waals surface area contributed by atoms with Crippen LogP contribution in [0, 0.1) is 29.1 Å². The largest absolute Gasteiger partial charge is 0.464 e. The molecule has 54 heavy (non-hydrogen) atoms. The summed E-state index contributed by atoms with van der Waals surface area (Å²) in [4.78, 5) is 52.5. The van der Waals surface area contributed by atoms with Crippen LogP contribution in [-0.2, 0) is 43.2 Å². The van der Waals surface area contributed by atoms with E-state index in [-0.39, 0.29) is 43.4 Å². The maximum absolute atomic E-state index is 15.2. The van der Waals surface area contributed by atoms with E-state index in [1.807, 2.05) is 45.2 Å². The van der Waals surface area contributed by atoms with Gasteiger partial charge in [-0.15, -0.1) is 22.7 Å². The number of hydrogen-bond donors (Lipinski definition) is 2. The highest BCUT2D eigenvalue weighted by Gasteiger charge is 2.75. The molecule has 6 heterocycles. The third-order valence-corrected chi connectivity index (χ3v) is 14.0. The third kappa shape index (κ3) is 6.33. The molecule has 16 heteroatoms. The van der Waals surface area contributed by atoms with Gasteiger partial charge in [0.2, 0.25) is 5.91 Å². The topological polar surface area (TPSA) is 128 Å². The number of nitrogens with zero attached hydrogens (tertiary/aromatic N) is 4. The fourth-order valence-corrected chi connectivity index (χ4v) is 10.7. The number of alkyl halides is 2. The van der Waals surface area contributed by atoms with Crippen LogP contribution in [0.2, 0.25) is 5.02 Å². The normalized spacial score (nSPS) is 27.9. The number of nitrogens with one attached hydrogen (secondary N) is 2. The molecular weight excluding hydrogens is 758 g/mol. The van der Waals surface area contributed by atoms with Crippen LogP contribution >= 0.6 is 34.3 Å². The predicted octanol–water partition coefficient (Wildman–Crippen LogP) is 6.67. The van der Waals surface area contributed by atoms with Gasteiger partial charge >= 0.3 is 5.97 Å². The number of esters is 1. The molecule has 2 N–H and O–H groups in total. The quantitative estimate of drug-likeness (QED) is 0.207. The summed E-state index contributed by atoms with van der Waals surface area (Å²) in [6.07, 6.45) is 2.59. The molecule has 11 nitrogen and oxygen atoms in total. The number of thiazole rings is 1. The number of ether oxygens (including phenoxy) is 2. The van der Waals surface area contributed by atoms with Gasteiger partial charge in [0.05, 0.1) is 56.5 Å². The van der Waals surface area contributed by atoms with E-state index in [9.17, 15) is 14.4 Å². The van der Waals surface area contributed by atoms with E-state index in [0.29, 0.717) is 35.1 Å². The highest BCUT2D eigenvalue weighted by molar-refractivity contribution is 7.23. The van der Waals surface area contributed by atoms with Crippen LogP contribution < -0.4 is 10.7 Å². The Labute approximate surface area is 324 Å². The van der Waals surface area contributed by atoms with E-state index in [2.05, 4.69) is 22.2 Å². The Balaban J connectivity index is 1.27. The second-order valence-electron chi connectivity index (χ2n) is 15.8. The van der Waals surface area contributed by atoms with Crippen molar-refractivity contribution in [1.82, 2.24) is 30.3 Å². The van der Waals surface area contributed by atoms with Gasteiger partial charge in [-0.25, -0.2) is 19.2 Å². The van der Waals surface area contributed by atoms with Gasteiger partial charge in [-0.2, -0.15) is 0 Å². The van der Waals surface area contributed by atoms with E-state index in [1.54, 1.807) is 13.3 Å². The predicted molar refractivity (Wildman–Crippen MR) is 202 cm³/mol. The Morgan fingerprint density at radius 2 is 2.06 bits per heavy atom. The number of hydrogen-bond acceptors (Lipinski definition) is 10. The molecule has 2 saturated carbocycles. The van der Waals surface area contributed by atoms with Gasteiger partial charge in [0.1, 0.15) is 16.9 Å². The van der Waals surface area contributed by atoms with Crippen molar-refractivity contribution in [2.75, 3.05) is 20.3 Å². The summed E-state index contributed by atoms with van der Waals surface area (Å²) < 4.78 is 44.3. The summed E-state index contributed by atoms with van der Waals surface area (Å²) in [6.45, 7) is 10.1. The fourth-order valence-electron chi connectivity index (χ4n) is 8.11. The van der Waals surface area contributed by atoms with Crippen LogP contribution in [-0.4, -0.2) is 75.6 Å². The highest BCUT2D eigenvalue weighted by Crippen LogP contribution is 2.59. The number of fused-ring (bicyclic) bond motifs is 8. The number of hydrazine groups is 1. The Bertz CT molecular complexity index is 2170. The molecule has 3 fully saturated rings. The number of carbonyl (C=O) groups is 3. The Morgan fingerprint density at radius 1 is 1.30 bits per heavy atom. The first-order valence-corrected chi connectivity index (χ1v) is 20.4. The molecule has 6 bridgehead atoms. The van der Waals surface area contributed by atoms with Gasteiger partial charge < -0.3 is 19.4 Å². The number of aryl methyl sites for hydroxylation is 1. The summed E-state index contributed by atoms with van der Waals surface area (Å²) in [6, 6.07) is 1.36. The minimum atomic E-state index is -3.16. The molecule has 0 unspecified atom stereocenters. The van der Waals surface area contributed by atoms with Crippen molar-refractivity contribution in [2.45, 2.75) is 84.5 Å². The highest BCUT2D eigenvalue weighted by atomic mass is 35.5. The smallest absolute Gasteiger partial charge is 0.325 e. The van der Waals surface area contributed by atoms with Crippen LogP contribution in [0.5, 0.6) is 0 Å². The molecule has 4 aliphatic rings. The minimum Gasteiger partial charge on any atom is -0.464 e. The number of thiophene rings is 1. The Morgan fingerprint density at radius 3 is 2.76 bits per heavy atom. The average molecular weight is 801 g/mol. The van der Waals surface area contributed by atoms with E-state index < -0.39 is 47.1 Å². The number of aromatic nitrogens is 3. The lowest BCUT2D eigenvalue weighted by Crippen LogP contribution is -2.61. The van der Waals surface area contributed by atoms with Crippen LogP contribution in [0.3, 0.4) is 0 Å². The molecule has 4 aromatic heterocycles. The first-order valence-electron chi connectivity index (χ1n) is 18.3. The lowest BCUT2D eigenvalue weighted by molar-refractivity contribution is -0.156. The van der Waals surface area contributed by atoms with E-state index in [1.165, 1.54) is 22.7 Å². The number of methoxy groups -OCH3 is 1. The van der Waals surface area contributed by atoms with Crippen molar-refractivity contribution in [3.8, 4) is 21.8 Å². The molecule has 0 aromatic carbocycles. The van der Waals surface area contributed by atoms with Crippen molar-refractivity contribution in [2.24, 2.45) is 29.1 Å². The molecule has 2 amide bonds. The second-order valence-corrected chi connectivity index (χ2v) is 18.2. The van der Waals surface area contributed by atoms with E-state index >= 15 is 8.78 Å². The average Bonchev–Trinajstić information content (AvgIpc) is 3.76. The molecule has 4 aromatic rings. The monoisotopic (exact) mass is 800 g/mol.